The van der Waals surface area contributed by atoms with E-state index in [1.165, 1.54) is 0 Å². The Hall–Kier alpha value is -1.14. The smallest absolute Gasteiger partial charge is 0.257 e. The number of anilines is 1. The third-order valence-corrected chi connectivity index (χ3v) is 4.12. The fraction of sp³-hybridized carbons (Fsp3) is 0.571. The standard InChI is InChI=1S/C14H20BrN3O2/c1-16-13-12(8-10(15)9-17-13)14(20)18(6-7-19)11-4-2-3-5-11/h8-9,11,19H,2-7H2,1H3,(H,16,17). The van der Waals surface area contributed by atoms with Gasteiger partial charge in [0.25, 0.3) is 5.91 Å². The van der Waals surface area contributed by atoms with Crippen LogP contribution in [0.5, 0.6) is 0 Å². The van der Waals surface area contributed by atoms with E-state index in [9.17, 15) is 9.90 Å². The minimum atomic E-state index is -0.0656. The molecule has 20 heavy (non-hydrogen) atoms. The summed E-state index contributed by atoms with van der Waals surface area (Å²) in [5.74, 6) is 0.503. The normalized spacial score (nSPS) is 15.3. The van der Waals surface area contributed by atoms with Crippen molar-refractivity contribution in [3.05, 3.63) is 22.3 Å². The van der Waals surface area contributed by atoms with Crippen LogP contribution in [-0.4, -0.2) is 47.1 Å². The third-order valence-electron chi connectivity index (χ3n) is 3.69. The van der Waals surface area contributed by atoms with Gasteiger partial charge in [0, 0.05) is 30.3 Å². The summed E-state index contributed by atoms with van der Waals surface area (Å²) in [6.07, 6.45) is 5.99. The van der Waals surface area contributed by atoms with Crippen molar-refractivity contribution in [3.63, 3.8) is 0 Å². The lowest BCUT2D eigenvalue weighted by Crippen LogP contribution is -2.41. The quantitative estimate of drug-likeness (QED) is 0.862. The van der Waals surface area contributed by atoms with E-state index < -0.39 is 0 Å². The lowest BCUT2D eigenvalue weighted by Gasteiger charge is -2.29. The molecule has 1 amide bonds. The van der Waals surface area contributed by atoms with Gasteiger partial charge in [-0.25, -0.2) is 4.98 Å². The van der Waals surface area contributed by atoms with Crippen LogP contribution in [-0.2, 0) is 0 Å². The van der Waals surface area contributed by atoms with Crippen LogP contribution in [0.2, 0.25) is 0 Å². The Balaban J connectivity index is 2.28. The highest BCUT2D eigenvalue weighted by Crippen LogP contribution is 2.27. The molecule has 1 aromatic heterocycles. The summed E-state index contributed by atoms with van der Waals surface area (Å²) in [5, 5.41) is 12.2. The molecule has 0 aliphatic heterocycles. The van der Waals surface area contributed by atoms with Gasteiger partial charge in [0.15, 0.2) is 0 Å². The fourth-order valence-corrected chi connectivity index (χ4v) is 3.06. The Morgan fingerprint density at radius 1 is 1.55 bits per heavy atom. The number of aromatic nitrogens is 1. The molecule has 0 saturated heterocycles. The van der Waals surface area contributed by atoms with E-state index in [1.807, 2.05) is 0 Å². The van der Waals surface area contributed by atoms with Crippen molar-refractivity contribution in [2.24, 2.45) is 0 Å². The second kappa shape index (κ2) is 7.04. The number of nitrogens with zero attached hydrogens (tertiary/aromatic N) is 2. The van der Waals surface area contributed by atoms with Crippen LogP contribution in [0.15, 0.2) is 16.7 Å². The Morgan fingerprint density at radius 2 is 2.25 bits per heavy atom. The topological polar surface area (TPSA) is 65.5 Å². The molecule has 0 spiro atoms. The van der Waals surface area contributed by atoms with Crippen LogP contribution in [0, 0.1) is 0 Å². The third kappa shape index (κ3) is 3.30. The molecule has 0 radical (unpaired) electrons. The number of amides is 1. The zero-order valence-corrected chi connectivity index (χ0v) is 13.2. The van der Waals surface area contributed by atoms with E-state index in [1.54, 1.807) is 24.2 Å². The van der Waals surface area contributed by atoms with Gasteiger partial charge in [-0.05, 0) is 34.8 Å². The monoisotopic (exact) mass is 341 g/mol. The summed E-state index contributed by atoms with van der Waals surface area (Å²) in [7, 11) is 1.75. The number of hydrogen-bond acceptors (Lipinski definition) is 4. The molecular weight excluding hydrogens is 322 g/mol. The maximum Gasteiger partial charge on any atom is 0.257 e. The summed E-state index contributed by atoms with van der Waals surface area (Å²) >= 11 is 3.36. The highest BCUT2D eigenvalue weighted by molar-refractivity contribution is 9.10. The number of nitrogens with one attached hydrogen (secondary N) is 1. The molecule has 1 heterocycles. The van der Waals surface area contributed by atoms with E-state index in [2.05, 4.69) is 26.2 Å². The summed E-state index contributed by atoms with van der Waals surface area (Å²) < 4.78 is 0.773. The Morgan fingerprint density at radius 3 is 2.85 bits per heavy atom. The predicted molar refractivity (Wildman–Crippen MR) is 81.9 cm³/mol. The number of carbonyl (C=O) groups excluding carboxylic acids is 1. The van der Waals surface area contributed by atoms with Crippen molar-refractivity contribution in [2.75, 3.05) is 25.5 Å². The zero-order valence-electron chi connectivity index (χ0n) is 11.6. The lowest BCUT2D eigenvalue weighted by molar-refractivity contribution is 0.0638. The van der Waals surface area contributed by atoms with Gasteiger partial charge in [0.05, 0.1) is 12.2 Å². The van der Waals surface area contributed by atoms with E-state index in [4.69, 9.17) is 0 Å². The van der Waals surface area contributed by atoms with Crippen molar-refractivity contribution < 1.29 is 9.90 Å². The van der Waals surface area contributed by atoms with Crippen molar-refractivity contribution in [3.8, 4) is 0 Å². The second-order valence-electron chi connectivity index (χ2n) is 4.96. The van der Waals surface area contributed by atoms with Gasteiger partial charge >= 0.3 is 0 Å². The highest BCUT2D eigenvalue weighted by atomic mass is 79.9. The SMILES string of the molecule is CNc1ncc(Br)cc1C(=O)N(CCO)C1CCCC1. The molecule has 0 aromatic carbocycles. The average molecular weight is 342 g/mol. The first-order chi connectivity index (χ1) is 9.67. The van der Waals surface area contributed by atoms with E-state index in [0.29, 0.717) is 17.9 Å². The Labute approximate surface area is 127 Å². The maximum absolute atomic E-state index is 12.8. The van der Waals surface area contributed by atoms with Gasteiger partial charge in [-0.15, -0.1) is 0 Å². The average Bonchev–Trinajstić information content (AvgIpc) is 2.98. The lowest BCUT2D eigenvalue weighted by atomic mass is 10.1. The van der Waals surface area contributed by atoms with Gasteiger partial charge in [0.2, 0.25) is 0 Å². The van der Waals surface area contributed by atoms with Crippen molar-refractivity contribution in [1.82, 2.24) is 9.88 Å². The molecule has 0 unspecified atom stereocenters. The van der Waals surface area contributed by atoms with Crippen molar-refractivity contribution >= 4 is 27.7 Å². The zero-order chi connectivity index (χ0) is 14.5. The van der Waals surface area contributed by atoms with Gasteiger partial charge in [-0.2, -0.15) is 0 Å². The maximum atomic E-state index is 12.8. The van der Waals surface area contributed by atoms with Crippen molar-refractivity contribution in [1.29, 1.82) is 0 Å². The molecule has 6 heteroatoms. The molecule has 1 fully saturated rings. The van der Waals surface area contributed by atoms with Crippen LogP contribution in [0.1, 0.15) is 36.0 Å². The molecule has 5 nitrogen and oxygen atoms in total. The van der Waals surface area contributed by atoms with E-state index in [-0.39, 0.29) is 18.6 Å². The molecule has 1 aliphatic carbocycles. The van der Waals surface area contributed by atoms with Crippen LogP contribution >= 0.6 is 15.9 Å². The number of pyridine rings is 1. The largest absolute Gasteiger partial charge is 0.395 e. The van der Waals surface area contributed by atoms with Crippen LogP contribution in [0.3, 0.4) is 0 Å². The molecule has 0 atom stereocenters. The highest BCUT2D eigenvalue weighted by Gasteiger charge is 2.28. The van der Waals surface area contributed by atoms with E-state index >= 15 is 0 Å². The van der Waals surface area contributed by atoms with Gasteiger partial charge in [-0.1, -0.05) is 12.8 Å². The first-order valence-electron chi connectivity index (χ1n) is 6.92. The number of hydrogen-bond donors (Lipinski definition) is 2. The molecule has 1 saturated carbocycles. The molecule has 2 N–H and O–H groups in total. The van der Waals surface area contributed by atoms with Crippen LogP contribution < -0.4 is 5.32 Å². The van der Waals surface area contributed by atoms with Crippen molar-refractivity contribution in [2.45, 2.75) is 31.7 Å². The summed E-state index contributed by atoms with van der Waals surface area (Å²) in [6.45, 7) is 0.359. The minimum Gasteiger partial charge on any atom is -0.395 e. The number of halogens is 1. The summed E-state index contributed by atoms with van der Waals surface area (Å²) in [5.41, 5.74) is 0.544. The first kappa shape index (κ1) is 15.3. The molecule has 1 aliphatic rings. The second-order valence-corrected chi connectivity index (χ2v) is 5.88. The summed E-state index contributed by atoms with van der Waals surface area (Å²) in [6, 6.07) is 2.01. The Bertz CT molecular complexity index is 475. The Kier molecular flexibility index (Phi) is 5.37. The van der Waals surface area contributed by atoms with Crippen LogP contribution in [0.4, 0.5) is 5.82 Å². The van der Waals surface area contributed by atoms with Gasteiger partial charge in [-0.3, -0.25) is 4.79 Å². The van der Waals surface area contributed by atoms with E-state index in [0.717, 1.165) is 30.2 Å². The van der Waals surface area contributed by atoms with Gasteiger partial charge in [0.1, 0.15) is 5.82 Å². The molecule has 110 valence electrons. The molecular formula is C14H20BrN3O2. The summed E-state index contributed by atoms with van der Waals surface area (Å²) in [4.78, 5) is 18.8. The van der Waals surface area contributed by atoms with Gasteiger partial charge < -0.3 is 15.3 Å². The molecule has 1 aromatic rings. The number of aliphatic hydroxyl groups is 1. The first-order valence-corrected chi connectivity index (χ1v) is 7.71. The van der Waals surface area contributed by atoms with Crippen LogP contribution in [0.25, 0.3) is 0 Å². The number of aliphatic hydroxyl groups excluding tert-OH is 1. The molecule has 2 rings (SSSR count). The molecule has 0 bridgehead atoms. The fourth-order valence-electron chi connectivity index (χ4n) is 2.73. The minimum absolute atomic E-state index is 0.0153. The number of carbonyl (C=O) groups is 1. The number of rotatable bonds is 5. The predicted octanol–water partition coefficient (Wildman–Crippen LogP) is 2.26.